The van der Waals surface area contributed by atoms with Crippen molar-refractivity contribution in [3.63, 3.8) is 0 Å². The summed E-state index contributed by atoms with van der Waals surface area (Å²) in [5.41, 5.74) is 4.65. The molecule has 0 radical (unpaired) electrons. The number of hydrogen-bond acceptors (Lipinski definition) is 10. The van der Waals surface area contributed by atoms with Gasteiger partial charge in [-0.15, -0.1) is 0 Å². The molecular weight excluding hydrogens is 687 g/mol. The molecule has 5 aromatic carbocycles. The van der Waals surface area contributed by atoms with Crippen molar-refractivity contribution in [1.82, 2.24) is 3.97 Å². The third-order valence-electron chi connectivity index (χ3n) is 9.40. The van der Waals surface area contributed by atoms with Gasteiger partial charge < -0.3 is 39.7 Å². The molecule has 0 saturated carbocycles. The molecule has 6 aromatic rings. The van der Waals surface area contributed by atoms with Crippen LogP contribution in [0.1, 0.15) is 6.42 Å². The van der Waals surface area contributed by atoms with Crippen molar-refractivity contribution in [2.45, 2.75) is 41.8 Å². The molecule has 1 aliphatic rings. The zero-order chi connectivity index (χ0) is 36.4. The van der Waals surface area contributed by atoms with Crippen LogP contribution in [0.4, 0.5) is 0 Å². The Morgan fingerprint density at radius 1 is 0.596 bits per heavy atom. The fraction of sp³-hybridized carbons (Fsp3) is 0.250. The molecule has 5 atom stereocenters. The maximum absolute atomic E-state index is 14.1. The average Bonchev–Trinajstić information content (AvgIpc) is 3.51. The highest BCUT2D eigenvalue weighted by atomic mass is 32.2. The minimum atomic E-state index is -3.96. The Bertz CT molecular complexity index is 2250. The van der Waals surface area contributed by atoms with Gasteiger partial charge >= 0.3 is 0 Å². The first-order chi connectivity index (χ1) is 25.2. The van der Waals surface area contributed by atoms with Gasteiger partial charge in [-0.3, -0.25) is 0 Å². The van der Waals surface area contributed by atoms with Gasteiger partial charge in [0.1, 0.15) is 42.5 Å². The normalized spacial score (nSPS) is 20.7. The second-order valence-electron chi connectivity index (χ2n) is 12.7. The lowest BCUT2D eigenvalue weighted by atomic mass is 9.94. The summed E-state index contributed by atoms with van der Waals surface area (Å²) in [5, 5.41) is 50.5. The van der Waals surface area contributed by atoms with E-state index < -0.39 is 47.2 Å². The Balaban J connectivity index is 1.19. The van der Waals surface area contributed by atoms with Crippen LogP contribution in [-0.4, -0.2) is 94.9 Å². The van der Waals surface area contributed by atoms with Crippen LogP contribution in [0.15, 0.2) is 120 Å². The molecule has 0 aliphatic carbocycles. The first-order valence-corrected chi connectivity index (χ1v) is 18.4. The van der Waals surface area contributed by atoms with E-state index >= 15 is 0 Å². The van der Waals surface area contributed by atoms with E-state index in [-0.39, 0.29) is 31.1 Å². The van der Waals surface area contributed by atoms with Crippen molar-refractivity contribution in [3.8, 4) is 33.8 Å². The summed E-state index contributed by atoms with van der Waals surface area (Å²) < 4.78 is 46.6. The van der Waals surface area contributed by atoms with Crippen molar-refractivity contribution in [2.75, 3.05) is 26.4 Å². The van der Waals surface area contributed by atoms with Crippen LogP contribution in [0.25, 0.3) is 44.1 Å². The minimum Gasteiger partial charge on any atom is -0.493 e. The standard InChI is InChI=1S/C40H39NO10S/c42-19-21-50-30-14-8-26(9-15-30)28-11-17-35-33(23-28)32-22-27(10-16-34(32)41(35)52(47,48)31-4-2-1-3-5-31)25-6-12-29(13-7-25)49-20-18-36-38(44)40(46)39(45)37(24-43)51-36/h1-17,22-23,36-40,42-46H,18-21,24H2/t36-,37+,38-,39+,40+/m0/s1. The molecule has 0 unspecified atom stereocenters. The fourth-order valence-corrected chi connectivity index (χ4v) is 8.21. The highest BCUT2D eigenvalue weighted by molar-refractivity contribution is 7.90. The first-order valence-electron chi connectivity index (χ1n) is 17.0. The topological polar surface area (TPSA) is 168 Å². The van der Waals surface area contributed by atoms with Crippen molar-refractivity contribution < 1.29 is 48.2 Å². The van der Waals surface area contributed by atoms with E-state index in [0.29, 0.717) is 22.5 Å². The molecule has 1 saturated heterocycles. The Morgan fingerprint density at radius 3 is 1.62 bits per heavy atom. The lowest BCUT2D eigenvalue weighted by molar-refractivity contribution is -0.231. The summed E-state index contributed by atoms with van der Waals surface area (Å²) in [6, 6.07) is 34.7. The number of rotatable bonds is 12. The molecule has 52 heavy (non-hydrogen) atoms. The summed E-state index contributed by atoms with van der Waals surface area (Å²) in [4.78, 5) is 0.183. The minimum absolute atomic E-state index is 0.0805. The van der Waals surface area contributed by atoms with Gasteiger partial charge in [0.2, 0.25) is 0 Å². The SMILES string of the molecule is O=S(=O)(c1ccccc1)n1c2ccc(-c3ccc(OCCO)cc3)cc2c2cc(-c3ccc(OCC[C@@H]4O[C@H](CO)[C@@H](O)[C@H](O)[C@H]4O)cc3)ccc21. The second-order valence-corrected chi connectivity index (χ2v) is 14.5. The van der Waals surface area contributed by atoms with E-state index in [2.05, 4.69) is 0 Å². The molecule has 270 valence electrons. The van der Waals surface area contributed by atoms with Gasteiger partial charge in [0.25, 0.3) is 10.0 Å². The molecule has 1 aliphatic heterocycles. The lowest BCUT2D eigenvalue weighted by Crippen LogP contribution is -2.58. The van der Waals surface area contributed by atoms with Crippen LogP contribution in [-0.2, 0) is 14.8 Å². The number of fused-ring (bicyclic) bond motifs is 3. The summed E-state index contributed by atoms with van der Waals surface area (Å²) in [7, 11) is -3.96. The zero-order valence-electron chi connectivity index (χ0n) is 28.0. The third-order valence-corrected chi connectivity index (χ3v) is 11.1. The second kappa shape index (κ2) is 15.1. The number of aromatic nitrogens is 1. The van der Waals surface area contributed by atoms with Gasteiger partial charge in [-0.1, -0.05) is 54.6 Å². The number of ether oxygens (including phenoxy) is 3. The predicted molar refractivity (Wildman–Crippen MR) is 196 cm³/mol. The Morgan fingerprint density at radius 2 is 1.10 bits per heavy atom. The molecule has 11 nitrogen and oxygen atoms in total. The molecule has 12 heteroatoms. The van der Waals surface area contributed by atoms with Gasteiger partial charge in [0, 0.05) is 17.2 Å². The Hall–Kier alpha value is -4.79. The van der Waals surface area contributed by atoms with E-state index in [9.17, 15) is 28.8 Å². The third kappa shape index (κ3) is 6.89. The van der Waals surface area contributed by atoms with Crippen LogP contribution in [0.3, 0.4) is 0 Å². The highest BCUT2D eigenvalue weighted by Gasteiger charge is 2.43. The molecule has 2 heterocycles. The maximum atomic E-state index is 14.1. The van der Waals surface area contributed by atoms with Gasteiger partial charge in [0.15, 0.2) is 0 Å². The number of hydrogen-bond donors (Lipinski definition) is 5. The van der Waals surface area contributed by atoms with Crippen LogP contribution in [0.2, 0.25) is 0 Å². The summed E-state index contributed by atoms with van der Waals surface area (Å²) >= 11 is 0. The average molecular weight is 726 g/mol. The number of aliphatic hydroxyl groups is 5. The Labute approximate surface area is 300 Å². The summed E-state index contributed by atoms with van der Waals surface area (Å²) in [6.45, 7) is -0.215. The summed E-state index contributed by atoms with van der Waals surface area (Å²) in [6.07, 6.45) is -5.73. The molecule has 0 bridgehead atoms. The Kier molecular flexibility index (Phi) is 10.3. The highest BCUT2D eigenvalue weighted by Crippen LogP contribution is 2.38. The molecule has 7 rings (SSSR count). The van der Waals surface area contributed by atoms with Gasteiger partial charge in [-0.2, -0.15) is 0 Å². The maximum Gasteiger partial charge on any atom is 0.268 e. The number of nitrogens with zero attached hydrogens (tertiary/aromatic N) is 1. The van der Waals surface area contributed by atoms with Crippen LogP contribution in [0, 0.1) is 0 Å². The lowest BCUT2D eigenvalue weighted by Gasteiger charge is -2.40. The smallest absolute Gasteiger partial charge is 0.268 e. The van der Waals surface area contributed by atoms with Crippen molar-refractivity contribution in [3.05, 3.63) is 115 Å². The largest absolute Gasteiger partial charge is 0.493 e. The van der Waals surface area contributed by atoms with E-state index in [0.717, 1.165) is 33.0 Å². The fourth-order valence-electron chi connectivity index (χ4n) is 6.66. The molecule has 0 amide bonds. The first kappa shape index (κ1) is 35.6. The quantitative estimate of drug-likeness (QED) is 0.122. The van der Waals surface area contributed by atoms with Crippen molar-refractivity contribution >= 4 is 31.8 Å². The van der Waals surface area contributed by atoms with Gasteiger partial charge in [0.05, 0.1) is 41.9 Å². The van der Waals surface area contributed by atoms with Crippen LogP contribution >= 0.6 is 0 Å². The van der Waals surface area contributed by atoms with Crippen molar-refractivity contribution in [1.29, 1.82) is 0 Å². The van der Waals surface area contributed by atoms with E-state index in [1.807, 2.05) is 84.9 Å². The zero-order valence-corrected chi connectivity index (χ0v) is 28.8. The van der Waals surface area contributed by atoms with Crippen molar-refractivity contribution in [2.24, 2.45) is 0 Å². The van der Waals surface area contributed by atoms with Crippen LogP contribution in [0.5, 0.6) is 11.5 Å². The molecule has 0 spiro atoms. The molecule has 1 fully saturated rings. The van der Waals surface area contributed by atoms with E-state index in [1.54, 1.807) is 30.3 Å². The number of aliphatic hydroxyl groups excluding tert-OH is 5. The molecule has 1 aromatic heterocycles. The number of benzene rings is 5. The van der Waals surface area contributed by atoms with Gasteiger partial charge in [-0.25, -0.2) is 12.4 Å². The monoisotopic (exact) mass is 725 g/mol. The molecule has 5 N–H and O–H groups in total. The summed E-state index contributed by atoms with van der Waals surface area (Å²) in [5.74, 6) is 1.21. The van der Waals surface area contributed by atoms with E-state index in [4.69, 9.17) is 19.3 Å². The predicted octanol–water partition coefficient (Wildman–Crippen LogP) is 4.35. The van der Waals surface area contributed by atoms with Gasteiger partial charge in [-0.05, 0) is 82.9 Å². The molecular formula is C40H39NO10S. The van der Waals surface area contributed by atoms with E-state index in [1.165, 1.54) is 3.97 Å². The van der Waals surface area contributed by atoms with Crippen LogP contribution < -0.4 is 9.47 Å².